The minimum absolute atomic E-state index is 0. The van der Waals surface area contributed by atoms with Crippen molar-refractivity contribution in [1.29, 1.82) is 0 Å². The molecule has 0 saturated heterocycles. The summed E-state index contributed by atoms with van der Waals surface area (Å²) in [5.41, 5.74) is 1.75. The fraction of sp³-hybridized carbons (Fsp3) is 0.400. The monoisotopic (exact) mass is 504 g/mol. The number of pyridine rings is 2. The van der Waals surface area contributed by atoms with Gasteiger partial charge in [0.25, 0.3) is 0 Å². The van der Waals surface area contributed by atoms with E-state index in [1.54, 1.807) is 12.4 Å². The van der Waals surface area contributed by atoms with E-state index in [1.165, 1.54) is 0 Å². The predicted octanol–water partition coefficient (Wildman–Crippen LogP) is 5.01. The molecule has 4 N–H and O–H groups in total. The molecule has 0 unspecified atom stereocenters. The van der Waals surface area contributed by atoms with Crippen molar-refractivity contribution in [2.75, 3.05) is 0 Å². The van der Waals surface area contributed by atoms with Crippen molar-refractivity contribution < 1.29 is 25.2 Å². The zero-order valence-electron chi connectivity index (χ0n) is 21.0. The van der Waals surface area contributed by atoms with Gasteiger partial charge in [0.05, 0.1) is 12.2 Å². The molecule has 196 valence electrons. The Kier molecular flexibility index (Phi) is 9.28. The van der Waals surface area contributed by atoms with Crippen LogP contribution in [0.25, 0.3) is 21.8 Å². The first-order valence-corrected chi connectivity index (χ1v) is 13.1. The van der Waals surface area contributed by atoms with E-state index < -0.39 is 0 Å². The molecule has 2 aliphatic rings. The molecule has 0 radical (unpaired) electrons. The number of fused-ring (bicyclic) bond motifs is 2. The van der Waals surface area contributed by atoms with E-state index >= 15 is 0 Å². The zero-order valence-corrected chi connectivity index (χ0v) is 21.0. The molecule has 2 heterocycles. The van der Waals surface area contributed by atoms with Crippen LogP contribution in [0.4, 0.5) is 0 Å². The second kappa shape index (κ2) is 12.8. The van der Waals surface area contributed by atoms with E-state index in [0.29, 0.717) is 0 Å². The van der Waals surface area contributed by atoms with Crippen molar-refractivity contribution in [1.82, 2.24) is 9.97 Å². The lowest BCUT2D eigenvalue weighted by Gasteiger charge is -2.28. The van der Waals surface area contributed by atoms with Gasteiger partial charge in [-0.15, -0.1) is 0 Å². The molecule has 0 spiro atoms. The van der Waals surface area contributed by atoms with Crippen LogP contribution in [0.5, 0.6) is 11.5 Å². The largest absolute Gasteiger partial charge is 0.485 e. The van der Waals surface area contributed by atoms with Gasteiger partial charge in [0.15, 0.2) is 0 Å². The maximum absolute atomic E-state index is 9.96. The first-order valence-electron chi connectivity index (χ1n) is 13.1. The summed E-state index contributed by atoms with van der Waals surface area (Å²) < 4.78 is 11.9. The molecule has 0 amide bonds. The molecule has 37 heavy (non-hydrogen) atoms. The van der Waals surface area contributed by atoms with Crippen molar-refractivity contribution in [3.05, 3.63) is 73.1 Å². The summed E-state index contributed by atoms with van der Waals surface area (Å²) in [6, 6.07) is 19.7. The van der Waals surface area contributed by atoms with Gasteiger partial charge in [0.1, 0.15) is 34.7 Å². The SMILES string of the molecule is O.O[C@@H]1CCCC[C@H]1Oc1cccc2cccnc12.O[C@@H]1CCCC[C@H]1Oc1cccc2cccnc12. The molecular formula is C30H36N2O5. The Hall–Kier alpha value is -3.26. The highest BCUT2D eigenvalue weighted by atomic mass is 16.5. The molecule has 2 aromatic carbocycles. The van der Waals surface area contributed by atoms with E-state index in [-0.39, 0.29) is 29.9 Å². The smallest absolute Gasteiger partial charge is 0.146 e. The van der Waals surface area contributed by atoms with Crippen LogP contribution in [-0.2, 0) is 0 Å². The number of hydrogen-bond donors (Lipinski definition) is 2. The van der Waals surface area contributed by atoms with Gasteiger partial charge in [-0.25, -0.2) is 0 Å². The quantitative estimate of drug-likeness (QED) is 0.404. The van der Waals surface area contributed by atoms with Gasteiger partial charge < -0.3 is 25.2 Å². The lowest BCUT2D eigenvalue weighted by molar-refractivity contribution is 0.00757. The van der Waals surface area contributed by atoms with Crippen molar-refractivity contribution in [2.24, 2.45) is 0 Å². The Morgan fingerprint density at radius 3 is 1.41 bits per heavy atom. The third kappa shape index (κ3) is 6.55. The average Bonchev–Trinajstić information content (AvgIpc) is 2.92. The Labute approximate surface area is 217 Å². The summed E-state index contributed by atoms with van der Waals surface area (Å²) in [6.07, 6.45) is 10.6. The Bertz CT molecular complexity index is 1170. The molecule has 2 aliphatic carbocycles. The highest BCUT2D eigenvalue weighted by molar-refractivity contribution is 5.84. The third-order valence-corrected chi connectivity index (χ3v) is 7.08. The molecule has 0 aliphatic heterocycles. The van der Waals surface area contributed by atoms with E-state index in [4.69, 9.17) is 9.47 Å². The van der Waals surface area contributed by atoms with Crippen molar-refractivity contribution in [2.45, 2.75) is 75.8 Å². The molecule has 4 atom stereocenters. The molecule has 2 fully saturated rings. The van der Waals surface area contributed by atoms with Crippen molar-refractivity contribution >= 4 is 21.8 Å². The van der Waals surface area contributed by atoms with Crippen LogP contribution in [0.1, 0.15) is 51.4 Å². The fourth-order valence-electron chi connectivity index (χ4n) is 5.10. The van der Waals surface area contributed by atoms with Crippen LogP contribution in [-0.4, -0.2) is 50.1 Å². The lowest BCUT2D eigenvalue weighted by atomic mass is 9.95. The van der Waals surface area contributed by atoms with Crippen LogP contribution in [0.3, 0.4) is 0 Å². The molecule has 0 bridgehead atoms. The number of ether oxygens (including phenoxy) is 2. The molecule has 6 rings (SSSR count). The highest BCUT2D eigenvalue weighted by Crippen LogP contribution is 2.29. The first-order chi connectivity index (χ1) is 17.7. The highest BCUT2D eigenvalue weighted by Gasteiger charge is 2.26. The number of aliphatic hydroxyl groups excluding tert-OH is 2. The van der Waals surface area contributed by atoms with Gasteiger partial charge in [-0.2, -0.15) is 0 Å². The van der Waals surface area contributed by atoms with Crippen LogP contribution in [0.2, 0.25) is 0 Å². The summed E-state index contributed by atoms with van der Waals surface area (Å²) in [6.45, 7) is 0. The van der Waals surface area contributed by atoms with Gasteiger partial charge >= 0.3 is 0 Å². The molecule has 7 heteroatoms. The molecule has 4 aromatic rings. The predicted molar refractivity (Wildman–Crippen MR) is 145 cm³/mol. The molecular weight excluding hydrogens is 468 g/mol. The van der Waals surface area contributed by atoms with Gasteiger partial charge in [-0.1, -0.05) is 49.2 Å². The zero-order chi connectivity index (χ0) is 24.7. The molecule has 7 nitrogen and oxygen atoms in total. The summed E-state index contributed by atoms with van der Waals surface area (Å²) in [5.74, 6) is 1.55. The number of aromatic nitrogens is 2. The van der Waals surface area contributed by atoms with Gasteiger partial charge in [0, 0.05) is 23.2 Å². The standard InChI is InChI=1S/2C15H17NO2.H2O/c2*17-12-7-1-2-8-13(12)18-14-9-3-5-11-6-4-10-16-15(11)14;/h2*3-6,9-10,12-13,17H,1-2,7-8H2;1H2/t2*12-,13-;/m11./s1. The van der Waals surface area contributed by atoms with Gasteiger partial charge in [-0.3, -0.25) is 9.97 Å². The van der Waals surface area contributed by atoms with Crippen molar-refractivity contribution in [3.63, 3.8) is 0 Å². The van der Waals surface area contributed by atoms with E-state index in [1.807, 2.05) is 60.7 Å². The minimum atomic E-state index is -0.349. The third-order valence-electron chi connectivity index (χ3n) is 7.08. The maximum Gasteiger partial charge on any atom is 0.146 e. The van der Waals surface area contributed by atoms with Crippen LogP contribution >= 0.6 is 0 Å². The van der Waals surface area contributed by atoms with E-state index in [2.05, 4.69) is 9.97 Å². The normalized spacial score (nSPS) is 23.4. The van der Waals surface area contributed by atoms with Gasteiger partial charge in [0.2, 0.25) is 0 Å². The molecule has 2 aromatic heterocycles. The van der Waals surface area contributed by atoms with E-state index in [9.17, 15) is 10.2 Å². The van der Waals surface area contributed by atoms with Crippen LogP contribution < -0.4 is 9.47 Å². The Morgan fingerprint density at radius 2 is 0.973 bits per heavy atom. The second-order valence-corrected chi connectivity index (χ2v) is 9.68. The van der Waals surface area contributed by atoms with E-state index in [0.717, 1.165) is 84.7 Å². The summed E-state index contributed by atoms with van der Waals surface area (Å²) in [4.78, 5) is 8.73. The van der Waals surface area contributed by atoms with Crippen LogP contribution in [0, 0.1) is 0 Å². The number of hydrogen-bond acceptors (Lipinski definition) is 6. The Balaban J connectivity index is 0.000000168. The topological polar surface area (TPSA) is 116 Å². The number of aliphatic hydroxyl groups is 2. The molecule has 2 saturated carbocycles. The summed E-state index contributed by atoms with van der Waals surface area (Å²) >= 11 is 0. The average molecular weight is 505 g/mol. The van der Waals surface area contributed by atoms with Gasteiger partial charge in [-0.05, 0) is 62.8 Å². The number of benzene rings is 2. The summed E-state index contributed by atoms with van der Waals surface area (Å²) in [5, 5.41) is 22.1. The first kappa shape index (κ1) is 26.8. The fourth-order valence-corrected chi connectivity index (χ4v) is 5.10. The summed E-state index contributed by atoms with van der Waals surface area (Å²) in [7, 11) is 0. The van der Waals surface area contributed by atoms with Crippen molar-refractivity contribution in [3.8, 4) is 11.5 Å². The maximum atomic E-state index is 9.96. The number of para-hydroxylation sites is 2. The second-order valence-electron chi connectivity index (χ2n) is 9.68. The van der Waals surface area contributed by atoms with Crippen LogP contribution in [0.15, 0.2) is 73.1 Å². The number of nitrogens with zero attached hydrogens (tertiary/aromatic N) is 2. The lowest BCUT2D eigenvalue weighted by Crippen LogP contribution is -2.34. The number of rotatable bonds is 4. The minimum Gasteiger partial charge on any atom is -0.485 e. The Morgan fingerprint density at radius 1 is 0.568 bits per heavy atom.